The van der Waals surface area contributed by atoms with Gasteiger partial charge in [-0.3, -0.25) is 9.59 Å². The van der Waals surface area contributed by atoms with Gasteiger partial charge in [0.1, 0.15) is 0 Å². The van der Waals surface area contributed by atoms with Crippen molar-refractivity contribution in [2.45, 2.75) is 58.5 Å². The van der Waals surface area contributed by atoms with Gasteiger partial charge in [-0.1, -0.05) is 6.92 Å². The molecule has 1 aliphatic rings. The Bertz CT molecular complexity index is 256. The molecule has 0 spiro atoms. The van der Waals surface area contributed by atoms with E-state index in [-0.39, 0.29) is 12.1 Å². The third kappa shape index (κ3) is 4.21. The van der Waals surface area contributed by atoms with E-state index >= 15 is 0 Å². The predicted molar refractivity (Wildman–Crippen MR) is 62.8 cm³/mol. The zero-order chi connectivity index (χ0) is 12.1. The predicted octanol–water partition coefficient (Wildman–Crippen LogP) is 1.21. The molecule has 0 aromatic carbocycles. The van der Waals surface area contributed by atoms with Gasteiger partial charge in [0.15, 0.2) is 0 Å². The first-order valence-electron chi connectivity index (χ1n) is 6.10. The molecule has 1 fully saturated rings. The Balaban J connectivity index is 2.31. The van der Waals surface area contributed by atoms with Crippen LogP contribution in [0.3, 0.4) is 0 Å². The van der Waals surface area contributed by atoms with Crippen molar-refractivity contribution in [2.75, 3.05) is 0 Å². The Hall–Kier alpha value is -1.06. The second-order valence-corrected chi connectivity index (χ2v) is 5.06. The van der Waals surface area contributed by atoms with Gasteiger partial charge in [0.05, 0.1) is 0 Å². The van der Waals surface area contributed by atoms with Crippen molar-refractivity contribution >= 4 is 11.8 Å². The van der Waals surface area contributed by atoms with Crippen LogP contribution >= 0.6 is 0 Å². The lowest BCUT2D eigenvalue weighted by Crippen LogP contribution is -2.47. The summed E-state index contributed by atoms with van der Waals surface area (Å²) in [6, 6.07) is 0.186. The summed E-state index contributed by atoms with van der Waals surface area (Å²) in [6.45, 7) is 5.91. The van der Waals surface area contributed by atoms with Gasteiger partial charge in [0, 0.05) is 12.1 Å². The van der Waals surface area contributed by atoms with Crippen molar-refractivity contribution in [3.63, 3.8) is 0 Å². The molecule has 0 unspecified atom stereocenters. The van der Waals surface area contributed by atoms with Crippen molar-refractivity contribution in [1.29, 1.82) is 0 Å². The van der Waals surface area contributed by atoms with Crippen LogP contribution in [-0.4, -0.2) is 23.9 Å². The molecule has 0 atom stereocenters. The molecule has 2 N–H and O–H groups in total. The summed E-state index contributed by atoms with van der Waals surface area (Å²) >= 11 is 0. The first-order chi connectivity index (χ1) is 7.49. The average Bonchev–Trinajstić information content (AvgIpc) is 2.20. The Morgan fingerprint density at radius 1 is 1.06 bits per heavy atom. The van der Waals surface area contributed by atoms with Crippen LogP contribution < -0.4 is 10.6 Å². The van der Waals surface area contributed by atoms with Crippen molar-refractivity contribution in [2.24, 2.45) is 5.92 Å². The number of amides is 2. The van der Waals surface area contributed by atoms with Crippen molar-refractivity contribution < 1.29 is 9.59 Å². The Kier molecular flexibility index (Phi) is 4.77. The van der Waals surface area contributed by atoms with Gasteiger partial charge in [-0.2, -0.15) is 0 Å². The molecule has 1 saturated carbocycles. The van der Waals surface area contributed by atoms with Crippen molar-refractivity contribution in [3.05, 3.63) is 0 Å². The van der Waals surface area contributed by atoms with E-state index < -0.39 is 11.8 Å². The van der Waals surface area contributed by atoms with Crippen LogP contribution in [0.5, 0.6) is 0 Å². The zero-order valence-corrected chi connectivity index (χ0v) is 10.4. The van der Waals surface area contributed by atoms with Crippen molar-refractivity contribution in [1.82, 2.24) is 10.6 Å². The normalized spacial score (nSPS) is 25.2. The molecular weight excluding hydrogens is 204 g/mol. The lowest BCUT2D eigenvalue weighted by Gasteiger charge is -2.26. The quantitative estimate of drug-likeness (QED) is 0.695. The number of hydrogen-bond donors (Lipinski definition) is 2. The molecular formula is C12H22N2O2. The third-order valence-electron chi connectivity index (χ3n) is 2.98. The first-order valence-corrected chi connectivity index (χ1v) is 6.10. The van der Waals surface area contributed by atoms with Gasteiger partial charge in [-0.25, -0.2) is 0 Å². The summed E-state index contributed by atoms with van der Waals surface area (Å²) < 4.78 is 0. The van der Waals surface area contributed by atoms with Crippen molar-refractivity contribution in [3.8, 4) is 0 Å². The molecule has 0 aromatic rings. The standard InChI is InChI=1S/C12H22N2O2/c1-8(2)13-11(15)12(16)14-10-6-4-9(3)5-7-10/h8-10H,4-7H2,1-3H3,(H,13,15)(H,14,16). The zero-order valence-electron chi connectivity index (χ0n) is 10.4. The maximum atomic E-state index is 11.5. The van der Waals surface area contributed by atoms with Crippen LogP contribution in [0.4, 0.5) is 0 Å². The summed E-state index contributed by atoms with van der Waals surface area (Å²) in [7, 11) is 0. The van der Waals surface area contributed by atoms with E-state index in [1.54, 1.807) is 0 Å². The molecule has 1 rings (SSSR count). The Morgan fingerprint density at radius 2 is 1.62 bits per heavy atom. The van der Waals surface area contributed by atoms with Crippen LogP contribution in [0.2, 0.25) is 0 Å². The molecule has 0 aromatic heterocycles. The fraction of sp³-hybridized carbons (Fsp3) is 0.833. The minimum Gasteiger partial charge on any atom is -0.346 e. The van der Waals surface area contributed by atoms with Crippen LogP contribution in [0.1, 0.15) is 46.5 Å². The second kappa shape index (κ2) is 5.87. The lowest BCUT2D eigenvalue weighted by atomic mass is 9.87. The molecule has 92 valence electrons. The van der Waals surface area contributed by atoms with Crippen LogP contribution in [0, 0.1) is 5.92 Å². The number of rotatable bonds is 2. The Labute approximate surface area is 97.2 Å². The number of nitrogens with one attached hydrogen (secondary N) is 2. The molecule has 0 heterocycles. The highest BCUT2D eigenvalue weighted by Gasteiger charge is 2.22. The minimum absolute atomic E-state index is 0.00429. The summed E-state index contributed by atoms with van der Waals surface area (Å²) in [6.07, 6.45) is 4.25. The van der Waals surface area contributed by atoms with Gasteiger partial charge in [-0.05, 0) is 45.4 Å². The van der Waals surface area contributed by atoms with Gasteiger partial charge >= 0.3 is 11.8 Å². The summed E-state index contributed by atoms with van der Waals surface area (Å²) in [4.78, 5) is 22.9. The van der Waals surface area contributed by atoms with E-state index in [1.165, 1.54) is 0 Å². The maximum absolute atomic E-state index is 11.5. The molecule has 16 heavy (non-hydrogen) atoms. The lowest BCUT2D eigenvalue weighted by molar-refractivity contribution is -0.140. The number of carbonyl (C=O) groups excluding carboxylic acids is 2. The highest BCUT2D eigenvalue weighted by atomic mass is 16.2. The highest BCUT2D eigenvalue weighted by Crippen LogP contribution is 2.23. The largest absolute Gasteiger partial charge is 0.346 e. The van der Waals surface area contributed by atoms with E-state index in [0.29, 0.717) is 0 Å². The molecule has 4 nitrogen and oxygen atoms in total. The molecule has 0 saturated heterocycles. The molecule has 0 aliphatic heterocycles. The van der Waals surface area contributed by atoms with Gasteiger partial charge in [0.25, 0.3) is 0 Å². The smallest absolute Gasteiger partial charge is 0.309 e. The molecule has 1 aliphatic carbocycles. The summed E-state index contributed by atoms with van der Waals surface area (Å²) in [5, 5.41) is 5.38. The Morgan fingerprint density at radius 3 is 2.12 bits per heavy atom. The second-order valence-electron chi connectivity index (χ2n) is 5.06. The molecule has 0 bridgehead atoms. The van der Waals surface area contributed by atoms with Crippen LogP contribution in [-0.2, 0) is 9.59 Å². The number of hydrogen-bond acceptors (Lipinski definition) is 2. The fourth-order valence-corrected chi connectivity index (χ4v) is 1.98. The fourth-order valence-electron chi connectivity index (χ4n) is 1.98. The van der Waals surface area contributed by atoms with E-state index in [2.05, 4.69) is 17.6 Å². The van der Waals surface area contributed by atoms with Crippen LogP contribution in [0.15, 0.2) is 0 Å². The maximum Gasteiger partial charge on any atom is 0.309 e. The summed E-state index contributed by atoms with van der Waals surface area (Å²) in [5.74, 6) is -0.264. The van der Waals surface area contributed by atoms with Gasteiger partial charge < -0.3 is 10.6 Å². The van der Waals surface area contributed by atoms with E-state index in [9.17, 15) is 9.59 Å². The van der Waals surface area contributed by atoms with Crippen LogP contribution in [0.25, 0.3) is 0 Å². The third-order valence-corrected chi connectivity index (χ3v) is 2.98. The summed E-state index contributed by atoms with van der Waals surface area (Å²) in [5.41, 5.74) is 0. The monoisotopic (exact) mass is 226 g/mol. The van der Waals surface area contributed by atoms with E-state index in [0.717, 1.165) is 31.6 Å². The SMILES string of the molecule is CC1CCC(NC(=O)C(=O)NC(C)C)CC1. The first kappa shape index (κ1) is 13.0. The van der Waals surface area contributed by atoms with E-state index in [1.807, 2.05) is 13.8 Å². The molecule has 0 radical (unpaired) electrons. The average molecular weight is 226 g/mol. The minimum atomic E-state index is -0.520. The number of carbonyl (C=O) groups is 2. The molecule has 4 heteroatoms. The highest BCUT2D eigenvalue weighted by molar-refractivity contribution is 6.35. The topological polar surface area (TPSA) is 58.2 Å². The van der Waals surface area contributed by atoms with Gasteiger partial charge in [0.2, 0.25) is 0 Å². The van der Waals surface area contributed by atoms with E-state index in [4.69, 9.17) is 0 Å². The van der Waals surface area contributed by atoms with Gasteiger partial charge in [-0.15, -0.1) is 0 Å². The molecule has 2 amide bonds.